The van der Waals surface area contributed by atoms with E-state index in [-0.39, 0.29) is 6.17 Å². The van der Waals surface area contributed by atoms with E-state index in [1.165, 1.54) is 5.57 Å². The van der Waals surface area contributed by atoms with Crippen LogP contribution in [0.25, 0.3) is 0 Å². The minimum absolute atomic E-state index is 0.233. The lowest BCUT2D eigenvalue weighted by atomic mass is 10.1. The minimum atomic E-state index is 0.233. The molecule has 1 aliphatic heterocycles. The van der Waals surface area contributed by atoms with Crippen LogP contribution in [0.4, 0.5) is 0 Å². The fraction of sp³-hybridized carbons (Fsp3) is 0.400. The maximum atomic E-state index is 4.46. The molecule has 0 bridgehead atoms. The molecule has 2 heteroatoms. The van der Waals surface area contributed by atoms with E-state index >= 15 is 0 Å². The standard InChI is InChI=1S/C15H22N2/c1-5-7-8-10-14(9-6-2)15-11-16-13(3)17(4)12-15/h6-13H,5H2,1-4H3/b8-7+,9-6-,14-10+. The highest BCUT2D eigenvalue weighted by Gasteiger charge is 2.10. The smallest absolute Gasteiger partial charge is 0.117 e. The Kier molecular flexibility index (Phi) is 5.47. The number of hydrogen-bond donors (Lipinski definition) is 0. The number of hydrogen-bond acceptors (Lipinski definition) is 2. The molecule has 0 N–H and O–H groups in total. The molecular formula is C15H22N2. The lowest BCUT2D eigenvalue weighted by molar-refractivity contribution is 0.358. The molecule has 0 aliphatic carbocycles. The predicted molar refractivity (Wildman–Crippen MR) is 76.1 cm³/mol. The van der Waals surface area contributed by atoms with Gasteiger partial charge in [-0.25, -0.2) is 0 Å². The fourth-order valence-electron chi connectivity index (χ4n) is 1.54. The van der Waals surface area contributed by atoms with Gasteiger partial charge in [-0.2, -0.15) is 0 Å². The van der Waals surface area contributed by atoms with E-state index in [0.717, 1.165) is 12.0 Å². The van der Waals surface area contributed by atoms with Crippen LogP contribution in [0.1, 0.15) is 27.2 Å². The highest BCUT2D eigenvalue weighted by Crippen LogP contribution is 2.16. The van der Waals surface area contributed by atoms with Crippen LogP contribution >= 0.6 is 0 Å². The number of allylic oxidation sites excluding steroid dienone is 7. The topological polar surface area (TPSA) is 15.6 Å². The summed E-state index contributed by atoms with van der Waals surface area (Å²) in [5, 5.41) is 0. The maximum Gasteiger partial charge on any atom is 0.117 e. The molecule has 2 nitrogen and oxygen atoms in total. The summed E-state index contributed by atoms with van der Waals surface area (Å²) in [5.41, 5.74) is 2.35. The number of rotatable bonds is 4. The molecule has 0 saturated heterocycles. The molecule has 0 aromatic carbocycles. The van der Waals surface area contributed by atoms with Crippen molar-refractivity contribution < 1.29 is 0 Å². The Hall–Kier alpha value is -1.57. The van der Waals surface area contributed by atoms with Crippen molar-refractivity contribution in [2.24, 2.45) is 4.99 Å². The van der Waals surface area contributed by atoms with Crippen LogP contribution in [0.15, 0.2) is 52.7 Å². The lowest BCUT2D eigenvalue weighted by Gasteiger charge is -2.24. The Bertz CT molecular complexity index is 384. The fourth-order valence-corrected chi connectivity index (χ4v) is 1.54. The number of aliphatic imine (C=N–C) groups is 1. The first-order valence-corrected chi connectivity index (χ1v) is 6.15. The zero-order valence-corrected chi connectivity index (χ0v) is 11.2. The van der Waals surface area contributed by atoms with E-state index in [0.29, 0.717) is 0 Å². The Morgan fingerprint density at radius 1 is 1.53 bits per heavy atom. The van der Waals surface area contributed by atoms with E-state index in [4.69, 9.17) is 0 Å². The summed E-state index contributed by atoms with van der Waals surface area (Å²) in [6.45, 7) is 6.25. The molecular weight excluding hydrogens is 208 g/mol. The third-order valence-corrected chi connectivity index (χ3v) is 2.69. The van der Waals surface area contributed by atoms with E-state index in [1.54, 1.807) is 0 Å². The summed E-state index contributed by atoms with van der Waals surface area (Å²) in [7, 11) is 2.05. The lowest BCUT2D eigenvalue weighted by Crippen LogP contribution is -2.25. The van der Waals surface area contributed by atoms with E-state index in [9.17, 15) is 0 Å². The molecule has 17 heavy (non-hydrogen) atoms. The molecule has 0 radical (unpaired) electrons. The van der Waals surface area contributed by atoms with Gasteiger partial charge in [0.2, 0.25) is 0 Å². The normalized spacial score (nSPS) is 21.6. The van der Waals surface area contributed by atoms with Gasteiger partial charge in [0.25, 0.3) is 0 Å². The van der Waals surface area contributed by atoms with Gasteiger partial charge in [0.1, 0.15) is 6.17 Å². The van der Waals surface area contributed by atoms with Gasteiger partial charge in [-0.15, -0.1) is 0 Å². The second kappa shape index (κ2) is 6.89. The summed E-state index contributed by atoms with van der Waals surface area (Å²) in [5.74, 6) is 0. The molecule has 0 spiro atoms. The van der Waals surface area contributed by atoms with Crippen LogP contribution in [0.5, 0.6) is 0 Å². The summed E-state index contributed by atoms with van der Waals surface area (Å²) in [6, 6.07) is 0. The van der Waals surface area contributed by atoms with Gasteiger partial charge in [0, 0.05) is 25.0 Å². The largest absolute Gasteiger partial charge is 0.359 e. The van der Waals surface area contributed by atoms with Gasteiger partial charge in [-0.05, 0) is 25.8 Å². The van der Waals surface area contributed by atoms with Crippen molar-refractivity contribution in [1.29, 1.82) is 0 Å². The van der Waals surface area contributed by atoms with Crippen molar-refractivity contribution in [3.63, 3.8) is 0 Å². The van der Waals surface area contributed by atoms with Crippen molar-refractivity contribution in [2.75, 3.05) is 7.05 Å². The van der Waals surface area contributed by atoms with Crippen molar-refractivity contribution >= 4 is 6.21 Å². The monoisotopic (exact) mass is 230 g/mol. The van der Waals surface area contributed by atoms with Gasteiger partial charge < -0.3 is 4.90 Å². The third-order valence-electron chi connectivity index (χ3n) is 2.69. The first-order valence-electron chi connectivity index (χ1n) is 6.15. The molecule has 1 unspecified atom stereocenters. The molecule has 0 amide bonds. The maximum absolute atomic E-state index is 4.46. The molecule has 0 saturated carbocycles. The molecule has 1 aliphatic rings. The van der Waals surface area contributed by atoms with Crippen LogP contribution in [-0.2, 0) is 0 Å². The summed E-state index contributed by atoms with van der Waals surface area (Å²) < 4.78 is 0. The second-order valence-corrected chi connectivity index (χ2v) is 4.12. The molecule has 0 aromatic heterocycles. The summed E-state index contributed by atoms with van der Waals surface area (Å²) >= 11 is 0. The molecule has 0 fully saturated rings. The molecule has 92 valence electrons. The van der Waals surface area contributed by atoms with Gasteiger partial charge in [-0.1, -0.05) is 37.3 Å². The Morgan fingerprint density at radius 2 is 2.29 bits per heavy atom. The van der Waals surface area contributed by atoms with Crippen molar-refractivity contribution in [2.45, 2.75) is 33.4 Å². The molecule has 1 heterocycles. The van der Waals surface area contributed by atoms with Crippen LogP contribution in [-0.4, -0.2) is 24.3 Å². The van der Waals surface area contributed by atoms with Crippen molar-refractivity contribution in [3.05, 3.63) is 47.7 Å². The second-order valence-electron chi connectivity index (χ2n) is 4.12. The zero-order chi connectivity index (χ0) is 12.7. The van der Waals surface area contributed by atoms with Gasteiger partial charge in [-0.3, -0.25) is 4.99 Å². The molecule has 1 atom stereocenters. The summed E-state index contributed by atoms with van der Waals surface area (Å²) in [4.78, 5) is 6.58. The van der Waals surface area contributed by atoms with E-state index in [2.05, 4.69) is 67.4 Å². The van der Waals surface area contributed by atoms with Crippen molar-refractivity contribution in [1.82, 2.24) is 4.90 Å². The Morgan fingerprint density at radius 3 is 2.88 bits per heavy atom. The summed E-state index contributed by atoms with van der Waals surface area (Å²) in [6.07, 6.45) is 15.9. The van der Waals surface area contributed by atoms with Crippen LogP contribution in [0.2, 0.25) is 0 Å². The minimum Gasteiger partial charge on any atom is -0.359 e. The van der Waals surface area contributed by atoms with E-state index in [1.807, 2.05) is 13.1 Å². The average Bonchev–Trinajstić information content (AvgIpc) is 2.32. The quantitative estimate of drug-likeness (QED) is 0.672. The number of nitrogens with zero attached hydrogens (tertiary/aromatic N) is 2. The van der Waals surface area contributed by atoms with Crippen molar-refractivity contribution in [3.8, 4) is 0 Å². The SMILES string of the molecule is C\C=C/C(=C\C=C\CC)C1=CN(C)C(C)N=C1. The average molecular weight is 230 g/mol. The van der Waals surface area contributed by atoms with Gasteiger partial charge in [0.15, 0.2) is 0 Å². The highest BCUT2D eigenvalue weighted by atomic mass is 15.2. The van der Waals surface area contributed by atoms with Gasteiger partial charge in [0.05, 0.1) is 0 Å². The predicted octanol–water partition coefficient (Wildman–Crippen LogP) is 3.70. The highest BCUT2D eigenvalue weighted by molar-refractivity contribution is 5.86. The Labute approximate surface area is 105 Å². The molecule has 0 aromatic rings. The van der Waals surface area contributed by atoms with E-state index < -0.39 is 0 Å². The first kappa shape index (κ1) is 13.5. The van der Waals surface area contributed by atoms with Crippen LogP contribution in [0, 0.1) is 0 Å². The zero-order valence-electron chi connectivity index (χ0n) is 11.2. The third kappa shape index (κ3) is 4.06. The first-order chi connectivity index (χ1) is 8.19. The van der Waals surface area contributed by atoms with Gasteiger partial charge >= 0.3 is 0 Å². The van der Waals surface area contributed by atoms with Crippen LogP contribution < -0.4 is 0 Å². The molecule has 1 rings (SSSR count). The Balaban J connectivity index is 2.93. The van der Waals surface area contributed by atoms with Crippen LogP contribution in [0.3, 0.4) is 0 Å².